The van der Waals surface area contributed by atoms with E-state index in [1.165, 1.54) is 25.6 Å². The Kier molecular flexibility index (Phi) is 8.18. The van der Waals surface area contributed by atoms with Crippen molar-refractivity contribution in [3.8, 4) is 5.75 Å². The molecule has 1 fully saturated rings. The maximum absolute atomic E-state index is 12.6. The average molecular weight is 527 g/mol. The van der Waals surface area contributed by atoms with E-state index in [4.69, 9.17) is 20.8 Å². The number of aliphatic hydroxyl groups is 1. The van der Waals surface area contributed by atoms with E-state index < -0.39 is 6.10 Å². The predicted octanol–water partition coefficient (Wildman–Crippen LogP) is 3.20. The second-order valence-electron chi connectivity index (χ2n) is 9.53. The van der Waals surface area contributed by atoms with Gasteiger partial charge in [0.25, 0.3) is 5.91 Å². The monoisotopic (exact) mass is 526 g/mol. The summed E-state index contributed by atoms with van der Waals surface area (Å²) in [5, 5.41) is 17.4. The number of nitrogens with one attached hydrogen (secondary N) is 2. The number of oxazole rings is 1. The van der Waals surface area contributed by atoms with Crippen molar-refractivity contribution in [2.75, 3.05) is 25.0 Å². The van der Waals surface area contributed by atoms with Crippen LogP contribution in [0.15, 0.2) is 41.5 Å². The molecular formula is C26H31ClN6O4. The van der Waals surface area contributed by atoms with E-state index in [1.54, 1.807) is 12.3 Å². The Bertz CT molecular complexity index is 1200. The second-order valence-corrected chi connectivity index (χ2v) is 9.91. The van der Waals surface area contributed by atoms with Crippen molar-refractivity contribution in [2.24, 2.45) is 0 Å². The van der Waals surface area contributed by atoms with E-state index in [9.17, 15) is 9.90 Å². The van der Waals surface area contributed by atoms with Crippen molar-refractivity contribution in [2.45, 2.75) is 57.4 Å². The average Bonchev–Trinajstić information content (AvgIpc) is 3.62. The highest BCUT2D eigenvalue weighted by Gasteiger charge is 2.23. The maximum Gasteiger partial charge on any atom is 0.270 e. The number of nitrogens with zero attached hydrogens (tertiary/aromatic N) is 4. The minimum absolute atomic E-state index is 0.132. The van der Waals surface area contributed by atoms with E-state index in [1.807, 2.05) is 12.1 Å². The van der Waals surface area contributed by atoms with Gasteiger partial charge in [0.2, 0.25) is 0 Å². The summed E-state index contributed by atoms with van der Waals surface area (Å²) in [5.41, 5.74) is 2.44. The van der Waals surface area contributed by atoms with Gasteiger partial charge in [-0.15, -0.1) is 0 Å². The van der Waals surface area contributed by atoms with Gasteiger partial charge in [0.1, 0.15) is 30.2 Å². The quantitative estimate of drug-likeness (QED) is 0.365. The lowest BCUT2D eigenvalue weighted by Gasteiger charge is -2.31. The topological polar surface area (TPSA) is 126 Å². The number of hydrogen-bond donors (Lipinski definition) is 3. The Hall–Kier alpha value is -3.21. The number of amides is 1. The van der Waals surface area contributed by atoms with Crippen LogP contribution in [0.2, 0.25) is 5.02 Å². The molecule has 0 spiro atoms. The van der Waals surface area contributed by atoms with Crippen LogP contribution in [-0.2, 0) is 19.6 Å². The Labute approximate surface area is 220 Å². The summed E-state index contributed by atoms with van der Waals surface area (Å²) in [6.07, 6.45) is 9.04. The molecule has 1 amide bonds. The van der Waals surface area contributed by atoms with Gasteiger partial charge in [-0.3, -0.25) is 9.69 Å². The molecule has 5 rings (SSSR count). The number of carbonyl (C=O) groups is 1. The van der Waals surface area contributed by atoms with Crippen molar-refractivity contribution in [3.63, 3.8) is 0 Å². The van der Waals surface area contributed by atoms with Gasteiger partial charge in [-0.05, 0) is 36.5 Å². The predicted molar refractivity (Wildman–Crippen MR) is 138 cm³/mol. The van der Waals surface area contributed by atoms with Gasteiger partial charge < -0.3 is 24.9 Å². The zero-order valence-corrected chi connectivity index (χ0v) is 21.3. The lowest BCUT2D eigenvalue weighted by molar-refractivity contribution is 0.0838. The fourth-order valence-corrected chi connectivity index (χ4v) is 5.21. The normalized spacial score (nSPS) is 16.8. The number of carbonyl (C=O) groups excluding carboxylic acids is 1. The lowest BCUT2D eigenvalue weighted by Crippen LogP contribution is -2.42. The van der Waals surface area contributed by atoms with Gasteiger partial charge in [-0.2, -0.15) is 0 Å². The summed E-state index contributed by atoms with van der Waals surface area (Å²) in [6.45, 7) is 2.22. The molecule has 0 saturated heterocycles. The molecule has 1 aromatic carbocycles. The fourth-order valence-electron chi connectivity index (χ4n) is 4.88. The SMILES string of the molecule is O=C(NC[C@H](O)CN1CCc2c(ccc(OCc3cnco3)c2Cl)C1)c1cc(NC2CCCC2)ncn1. The van der Waals surface area contributed by atoms with Crippen molar-refractivity contribution in [3.05, 3.63) is 64.7 Å². The molecule has 1 saturated carbocycles. The lowest BCUT2D eigenvalue weighted by atomic mass is 9.99. The summed E-state index contributed by atoms with van der Waals surface area (Å²) in [5.74, 6) is 1.57. The number of rotatable bonds is 10. The molecule has 1 atom stereocenters. The molecule has 10 nitrogen and oxygen atoms in total. The molecule has 1 aliphatic carbocycles. The molecule has 3 aromatic rings. The van der Waals surface area contributed by atoms with Crippen LogP contribution in [0.4, 0.5) is 5.82 Å². The van der Waals surface area contributed by atoms with Crippen molar-refractivity contribution < 1.29 is 19.1 Å². The van der Waals surface area contributed by atoms with E-state index >= 15 is 0 Å². The summed E-state index contributed by atoms with van der Waals surface area (Å²) < 4.78 is 11.0. The first-order valence-electron chi connectivity index (χ1n) is 12.6. The highest BCUT2D eigenvalue weighted by Crippen LogP contribution is 2.34. The number of fused-ring (bicyclic) bond motifs is 1. The molecule has 37 heavy (non-hydrogen) atoms. The number of anilines is 1. The van der Waals surface area contributed by atoms with Gasteiger partial charge in [0.05, 0.1) is 17.3 Å². The number of aliphatic hydroxyl groups excluding tert-OH is 1. The molecule has 0 radical (unpaired) electrons. The van der Waals surface area contributed by atoms with E-state index in [-0.39, 0.29) is 24.8 Å². The number of halogens is 1. The molecule has 1 aliphatic heterocycles. The van der Waals surface area contributed by atoms with E-state index in [2.05, 4.69) is 30.5 Å². The summed E-state index contributed by atoms with van der Waals surface area (Å²) in [7, 11) is 0. The first-order valence-corrected chi connectivity index (χ1v) is 13.0. The van der Waals surface area contributed by atoms with Gasteiger partial charge >= 0.3 is 0 Å². The highest BCUT2D eigenvalue weighted by atomic mass is 35.5. The maximum atomic E-state index is 12.6. The Balaban J connectivity index is 1.10. The molecule has 0 unspecified atom stereocenters. The number of ether oxygens (including phenoxy) is 1. The van der Waals surface area contributed by atoms with Crippen LogP contribution in [0.25, 0.3) is 0 Å². The van der Waals surface area contributed by atoms with Crippen LogP contribution in [0.3, 0.4) is 0 Å². The Morgan fingerprint density at radius 2 is 2.16 bits per heavy atom. The summed E-state index contributed by atoms with van der Waals surface area (Å²) >= 11 is 6.62. The molecule has 196 valence electrons. The smallest absolute Gasteiger partial charge is 0.270 e. The van der Waals surface area contributed by atoms with Crippen LogP contribution in [-0.4, -0.2) is 62.6 Å². The number of hydrogen-bond acceptors (Lipinski definition) is 9. The van der Waals surface area contributed by atoms with Gasteiger partial charge in [-0.25, -0.2) is 15.0 Å². The van der Waals surface area contributed by atoms with Gasteiger partial charge in [0, 0.05) is 38.3 Å². The van der Waals surface area contributed by atoms with E-state index in [0.29, 0.717) is 41.5 Å². The fraction of sp³-hybridized carbons (Fsp3) is 0.462. The van der Waals surface area contributed by atoms with Crippen molar-refractivity contribution in [1.82, 2.24) is 25.2 Å². The molecule has 0 bridgehead atoms. The van der Waals surface area contributed by atoms with Crippen LogP contribution in [0.1, 0.15) is 53.1 Å². The Morgan fingerprint density at radius 3 is 2.97 bits per heavy atom. The molecule has 3 heterocycles. The van der Waals surface area contributed by atoms with Crippen LogP contribution in [0, 0.1) is 0 Å². The first kappa shape index (κ1) is 25.4. The third-order valence-corrected chi connectivity index (χ3v) is 7.22. The zero-order valence-electron chi connectivity index (χ0n) is 20.5. The highest BCUT2D eigenvalue weighted by molar-refractivity contribution is 6.33. The Morgan fingerprint density at radius 1 is 1.30 bits per heavy atom. The van der Waals surface area contributed by atoms with Gasteiger partial charge in [0.15, 0.2) is 12.2 Å². The minimum atomic E-state index is -0.719. The van der Waals surface area contributed by atoms with Crippen molar-refractivity contribution >= 4 is 23.3 Å². The third kappa shape index (κ3) is 6.57. The summed E-state index contributed by atoms with van der Waals surface area (Å²) in [6, 6.07) is 5.92. The standard InChI is InChI=1S/C26H31ClN6O4/c27-25-21-7-8-33(12-17(21)5-6-23(25)36-14-20-11-28-16-37-20)13-19(34)10-29-26(35)22-9-24(31-15-30-22)32-18-3-1-2-4-18/h5-6,9,11,15-16,18-19,34H,1-4,7-8,10,12-14H2,(H,29,35)(H,30,31,32)/t19-/m0/s1. The molecular weight excluding hydrogens is 496 g/mol. The number of benzene rings is 1. The number of β-amino-alcohol motifs (C(OH)–C–C–N with tert-alkyl or cyclic N) is 1. The minimum Gasteiger partial charge on any atom is -0.484 e. The molecule has 11 heteroatoms. The number of aromatic nitrogens is 3. The summed E-state index contributed by atoms with van der Waals surface area (Å²) in [4.78, 5) is 27.0. The molecule has 2 aliphatic rings. The van der Waals surface area contributed by atoms with Crippen LogP contribution >= 0.6 is 11.6 Å². The first-order chi connectivity index (χ1) is 18.0. The molecule has 3 N–H and O–H groups in total. The van der Waals surface area contributed by atoms with E-state index in [0.717, 1.165) is 36.9 Å². The third-order valence-electron chi connectivity index (χ3n) is 6.80. The van der Waals surface area contributed by atoms with Crippen molar-refractivity contribution in [1.29, 1.82) is 0 Å². The van der Waals surface area contributed by atoms with Gasteiger partial charge in [-0.1, -0.05) is 30.5 Å². The molecule has 2 aromatic heterocycles. The zero-order chi connectivity index (χ0) is 25.6. The second kappa shape index (κ2) is 11.9. The van der Waals surface area contributed by atoms with Crippen LogP contribution in [0.5, 0.6) is 5.75 Å². The largest absolute Gasteiger partial charge is 0.484 e. The van der Waals surface area contributed by atoms with Crippen LogP contribution < -0.4 is 15.4 Å².